The van der Waals surface area contributed by atoms with E-state index < -0.39 is 18.1 Å². The SMILES string of the molecule is [2H]c1c([2H])c([2H])c(N(c2ccc(-c3ccc(N(c4ccc(-c5ccccc5)cc4)c4ccc(-c5ccccc5)cc4)cc3)cc2)c2cccc(-c3c(-c4ccccc4)nc4ccccn34)c2)c([2H])c1[2H]. The van der Waals surface area contributed by atoms with E-state index in [2.05, 4.69) is 131 Å². The highest BCUT2D eigenvalue weighted by Gasteiger charge is 2.19. The molecule has 0 aliphatic carbocycles. The Kier molecular flexibility index (Phi) is 9.14. The van der Waals surface area contributed by atoms with Crippen LogP contribution >= 0.6 is 0 Å². The molecule has 0 amide bonds. The molecule has 0 atom stereocenters. The molecule has 11 aromatic rings. The third kappa shape index (κ3) is 7.97. The Morgan fingerprint density at radius 3 is 1.20 bits per heavy atom. The van der Waals surface area contributed by atoms with Gasteiger partial charge in [-0.2, -0.15) is 0 Å². The first-order valence-corrected chi connectivity index (χ1v) is 21.6. The van der Waals surface area contributed by atoms with Crippen molar-refractivity contribution in [2.24, 2.45) is 0 Å². The summed E-state index contributed by atoms with van der Waals surface area (Å²) in [5.41, 5.74) is 15.2. The van der Waals surface area contributed by atoms with Crippen molar-refractivity contribution < 1.29 is 6.85 Å². The minimum atomic E-state index is -0.448. The van der Waals surface area contributed by atoms with Crippen LogP contribution in [-0.4, -0.2) is 9.38 Å². The maximum absolute atomic E-state index is 9.13. The van der Waals surface area contributed by atoms with Gasteiger partial charge in [0.2, 0.25) is 0 Å². The number of fused-ring (bicyclic) bond motifs is 1. The number of imidazole rings is 1. The number of aromatic nitrogens is 2. The van der Waals surface area contributed by atoms with E-state index in [0.717, 1.165) is 78.6 Å². The number of anilines is 6. The summed E-state index contributed by atoms with van der Waals surface area (Å²) in [6.45, 7) is 0. The lowest BCUT2D eigenvalue weighted by molar-refractivity contribution is 1.19. The van der Waals surface area contributed by atoms with Crippen molar-refractivity contribution in [2.75, 3.05) is 9.80 Å². The Balaban J connectivity index is 0.967. The quantitative estimate of drug-likeness (QED) is 0.130. The molecule has 0 saturated carbocycles. The van der Waals surface area contributed by atoms with Gasteiger partial charge >= 0.3 is 0 Å². The third-order valence-corrected chi connectivity index (χ3v) is 11.7. The minimum Gasteiger partial charge on any atom is -0.311 e. The zero-order chi connectivity index (χ0) is 47.7. The summed E-state index contributed by atoms with van der Waals surface area (Å²) < 4.78 is 46.1. The fourth-order valence-corrected chi connectivity index (χ4v) is 8.54. The summed E-state index contributed by atoms with van der Waals surface area (Å²) in [5.74, 6) is 0. The number of rotatable bonds is 11. The van der Waals surface area contributed by atoms with E-state index >= 15 is 0 Å². The monoisotopic (exact) mass is 837 g/mol. The largest absolute Gasteiger partial charge is 0.311 e. The van der Waals surface area contributed by atoms with Crippen molar-refractivity contribution in [3.63, 3.8) is 0 Å². The second kappa shape index (κ2) is 17.6. The molecule has 0 radical (unpaired) electrons. The predicted molar refractivity (Wildman–Crippen MR) is 272 cm³/mol. The molecule has 4 nitrogen and oxygen atoms in total. The van der Waals surface area contributed by atoms with Gasteiger partial charge in [-0.05, 0) is 118 Å². The van der Waals surface area contributed by atoms with Crippen LogP contribution in [0.15, 0.2) is 267 Å². The van der Waals surface area contributed by atoms with E-state index in [9.17, 15) is 0 Å². The van der Waals surface area contributed by atoms with E-state index in [-0.39, 0.29) is 17.8 Å². The molecule has 0 spiro atoms. The van der Waals surface area contributed by atoms with Crippen molar-refractivity contribution in [2.45, 2.75) is 0 Å². The maximum atomic E-state index is 9.13. The lowest BCUT2D eigenvalue weighted by Crippen LogP contribution is -2.10. The van der Waals surface area contributed by atoms with Gasteiger partial charge in [0.15, 0.2) is 0 Å². The van der Waals surface area contributed by atoms with Gasteiger partial charge in [-0.25, -0.2) is 4.98 Å². The molecular weight excluding hydrogens is 789 g/mol. The molecular formula is C61H44N4. The van der Waals surface area contributed by atoms with Crippen LogP contribution in [0.5, 0.6) is 0 Å². The van der Waals surface area contributed by atoms with Gasteiger partial charge in [0.1, 0.15) is 5.65 Å². The van der Waals surface area contributed by atoms with Crippen LogP contribution in [0.4, 0.5) is 34.1 Å². The summed E-state index contributed by atoms with van der Waals surface area (Å²) in [4.78, 5) is 9.06. The van der Waals surface area contributed by atoms with Gasteiger partial charge in [-0.15, -0.1) is 0 Å². The summed E-state index contributed by atoms with van der Waals surface area (Å²) >= 11 is 0. The van der Waals surface area contributed by atoms with Crippen LogP contribution in [0.2, 0.25) is 0 Å². The van der Waals surface area contributed by atoms with E-state index in [1.54, 1.807) is 4.90 Å². The third-order valence-electron chi connectivity index (χ3n) is 11.7. The molecule has 0 saturated heterocycles. The van der Waals surface area contributed by atoms with Crippen molar-refractivity contribution in [1.82, 2.24) is 9.38 Å². The molecule has 0 unspecified atom stereocenters. The van der Waals surface area contributed by atoms with Gasteiger partial charge < -0.3 is 9.80 Å². The summed E-state index contributed by atoms with van der Waals surface area (Å²) in [6.07, 6.45) is 1.99. The smallest absolute Gasteiger partial charge is 0.137 e. The van der Waals surface area contributed by atoms with Crippen molar-refractivity contribution in [1.29, 1.82) is 0 Å². The molecule has 308 valence electrons. The first-order valence-electron chi connectivity index (χ1n) is 24.1. The van der Waals surface area contributed by atoms with Crippen LogP contribution in [0.3, 0.4) is 0 Å². The van der Waals surface area contributed by atoms with E-state index in [1.165, 1.54) is 0 Å². The Hall–Kier alpha value is -8.73. The van der Waals surface area contributed by atoms with Crippen LogP contribution < -0.4 is 9.80 Å². The van der Waals surface area contributed by atoms with Gasteiger partial charge in [-0.3, -0.25) is 4.40 Å². The Morgan fingerprint density at radius 1 is 0.323 bits per heavy atom. The number of benzene rings is 9. The van der Waals surface area contributed by atoms with Crippen LogP contribution in [-0.2, 0) is 0 Å². The maximum Gasteiger partial charge on any atom is 0.137 e. The van der Waals surface area contributed by atoms with Crippen molar-refractivity contribution in [3.05, 3.63) is 267 Å². The van der Waals surface area contributed by atoms with Crippen molar-refractivity contribution >= 4 is 39.8 Å². The number of nitrogens with zero attached hydrogens (tertiary/aromatic N) is 4. The normalized spacial score (nSPS) is 12.2. The van der Waals surface area contributed by atoms with E-state index in [4.69, 9.17) is 11.8 Å². The fraction of sp³-hybridized carbons (Fsp3) is 0. The van der Waals surface area contributed by atoms with E-state index in [1.807, 2.05) is 115 Å². The van der Waals surface area contributed by atoms with Crippen LogP contribution in [0.1, 0.15) is 6.85 Å². The summed E-state index contributed by atoms with van der Waals surface area (Å²) in [5, 5.41) is 0. The van der Waals surface area contributed by atoms with Crippen LogP contribution in [0.25, 0.3) is 61.5 Å². The highest BCUT2D eigenvalue weighted by Crippen LogP contribution is 2.41. The lowest BCUT2D eigenvalue weighted by atomic mass is 10.0. The molecule has 0 bridgehead atoms. The lowest BCUT2D eigenvalue weighted by Gasteiger charge is -2.27. The van der Waals surface area contributed by atoms with Gasteiger partial charge in [0, 0.05) is 51.4 Å². The number of hydrogen-bond acceptors (Lipinski definition) is 3. The number of para-hydroxylation sites is 1. The molecule has 0 aliphatic rings. The van der Waals surface area contributed by atoms with E-state index in [0.29, 0.717) is 11.4 Å². The molecule has 65 heavy (non-hydrogen) atoms. The molecule has 11 rings (SSSR count). The zero-order valence-electron chi connectivity index (χ0n) is 40.3. The molecule has 4 heteroatoms. The second-order valence-corrected chi connectivity index (χ2v) is 15.7. The highest BCUT2D eigenvalue weighted by atomic mass is 15.1. The minimum absolute atomic E-state index is 0.0513. The Bertz CT molecular complexity index is 3510. The molecule has 0 N–H and O–H groups in total. The molecule has 9 aromatic carbocycles. The standard InChI is InChI=1S/C61H44N4/c1-5-16-45(17-6-1)47-27-35-54(36-28-47)64(55-37-29-48(30-38-55)46-18-7-2-8-19-46)56-39-31-49(32-40-56)50-33-41-57(42-34-50)65(53-23-11-4-12-24-53)58-25-15-22-52(44-58)61-60(51-20-9-3-10-21-51)62-59-26-13-14-43-63(59)61/h1-44H/i4D,11D,12D,23D,24D. The molecule has 0 fully saturated rings. The Morgan fingerprint density at radius 2 is 0.723 bits per heavy atom. The zero-order valence-corrected chi connectivity index (χ0v) is 35.3. The van der Waals surface area contributed by atoms with Crippen molar-refractivity contribution in [3.8, 4) is 55.9 Å². The topological polar surface area (TPSA) is 23.8 Å². The Labute approximate surface area is 387 Å². The fourth-order valence-electron chi connectivity index (χ4n) is 8.54. The van der Waals surface area contributed by atoms with Gasteiger partial charge in [0.25, 0.3) is 0 Å². The van der Waals surface area contributed by atoms with Crippen LogP contribution in [0, 0.1) is 0 Å². The molecule has 0 aliphatic heterocycles. The average Bonchev–Trinajstić information content (AvgIpc) is 3.82. The predicted octanol–water partition coefficient (Wildman–Crippen LogP) is 16.6. The number of hydrogen-bond donors (Lipinski definition) is 0. The molecule has 2 heterocycles. The summed E-state index contributed by atoms with van der Waals surface area (Å²) in [6, 6.07) is 76.4. The highest BCUT2D eigenvalue weighted by molar-refractivity contribution is 5.87. The summed E-state index contributed by atoms with van der Waals surface area (Å²) in [7, 11) is 0. The van der Waals surface area contributed by atoms with Gasteiger partial charge in [-0.1, -0.05) is 176 Å². The average molecular weight is 838 g/mol. The first-order chi connectivity index (χ1) is 34.3. The second-order valence-electron chi connectivity index (χ2n) is 15.7. The number of pyridine rings is 1. The van der Waals surface area contributed by atoms with Gasteiger partial charge in [0.05, 0.1) is 18.2 Å². The first kappa shape index (κ1) is 33.8. The molecule has 2 aromatic heterocycles.